The molecule has 0 aromatic carbocycles. The van der Waals surface area contributed by atoms with Crippen molar-refractivity contribution >= 4 is 11.3 Å². The van der Waals surface area contributed by atoms with Gasteiger partial charge in [-0.3, -0.25) is 0 Å². The summed E-state index contributed by atoms with van der Waals surface area (Å²) in [4.78, 5) is 8.69. The van der Waals surface area contributed by atoms with E-state index in [0.29, 0.717) is 5.89 Å². The van der Waals surface area contributed by atoms with Crippen molar-refractivity contribution in [3.8, 4) is 11.5 Å². The molecule has 4 nitrogen and oxygen atoms in total. The molecule has 0 saturated heterocycles. The lowest BCUT2D eigenvalue weighted by Gasteiger charge is -1.92. The first-order valence-electron chi connectivity index (χ1n) is 4.74. The molecule has 0 aliphatic rings. The van der Waals surface area contributed by atoms with E-state index < -0.39 is 0 Å². The highest BCUT2D eigenvalue weighted by molar-refractivity contribution is 7.09. The summed E-state index contributed by atoms with van der Waals surface area (Å²) in [6.07, 6.45) is 0. The Balaban J connectivity index is 2.32. The summed E-state index contributed by atoms with van der Waals surface area (Å²) in [5.74, 6) is 1.47. The Morgan fingerprint density at radius 1 is 1.40 bits per heavy atom. The maximum absolute atomic E-state index is 5.50. The SMILES string of the molecule is CNCc1nc(-c2oc(C)nc2C)cs1. The molecule has 2 rings (SSSR count). The average molecular weight is 223 g/mol. The molecule has 1 N–H and O–H groups in total. The summed E-state index contributed by atoms with van der Waals surface area (Å²) >= 11 is 1.63. The molecule has 2 aromatic heterocycles. The van der Waals surface area contributed by atoms with Crippen molar-refractivity contribution in [2.24, 2.45) is 0 Å². The minimum atomic E-state index is 0.686. The molecule has 15 heavy (non-hydrogen) atoms. The fraction of sp³-hybridized carbons (Fsp3) is 0.400. The third-order valence-corrected chi connectivity index (χ3v) is 2.86. The van der Waals surface area contributed by atoms with Gasteiger partial charge in [0, 0.05) is 18.8 Å². The maximum Gasteiger partial charge on any atom is 0.192 e. The Morgan fingerprint density at radius 3 is 2.80 bits per heavy atom. The Bertz CT molecular complexity index is 461. The van der Waals surface area contributed by atoms with Crippen LogP contribution in [0.25, 0.3) is 11.5 Å². The fourth-order valence-electron chi connectivity index (χ4n) is 1.42. The molecule has 0 aliphatic heterocycles. The van der Waals surface area contributed by atoms with Crippen LogP contribution < -0.4 is 5.32 Å². The van der Waals surface area contributed by atoms with Gasteiger partial charge in [0.15, 0.2) is 11.7 Å². The first-order valence-corrected chi connectivity index (χ1v) is 5.62. The summed E-state index contributed by atoms with van der Waals surface area (Å²) in [5, 5.41) is 6.13. The van der Waals surface area contributed by atoms with Crippen molar-refractivity contribution in [2.75, 3.05) is 7.05 Å². The highest BCUT2D eigenvalue weighted by Gasteiger charge is 2.12. The van der Waals surface area contributed by atoms with Crippen LogP contribution in [0.3, 0.4) is 0 Å². The summed E-state index contributed by atoms with van der Waals surface area (Å²) in [7, 11) is 1.91. The number of nitrogens with one attached hydrogen (secondary N) is 1. The average Bonchev–Trinajstić information content (AvgIpc) is 2.73. The number of hydrogen-bond acceptors (Lipinski definition) is 5. The molecule has 0 spiro atoms. The van der Waals surface area contributed by atoms with E-state index in [-0.39, 0.29) is 0 Å². The molecule has 0 fully saturated rings. The van der Waals surface area contributed by atoms with Gasteiger partial charge in [0.2, 0.25) is 0 Å². The number of rotatable bonds is 3. The van der Waals surface area contributed by atoms with E-state index in [9.17, 15) is 0 Å². The molecule has 2 heterocycles. The van der Waals surface area contributed by atoms with Crippen LogP contribution in [0, 0.1) is 13.8 Å². The monoisotopic (exact) mass is 223 g/mol. The number of hydrogen-bond donors (Lipinski definition) is 1. The topological polar surface area (TPSA) is 51.0 Å². The molecule has 0 atom stereocenters. The molecule has 2 aromatic rings. The third-order valence-electron chi connectivity index (χ3n) is 2.02. The van der Waals surface area contributed by atoms with Gasteiger partial charge in [0.1, 0.15) is 10.7 Å². The van der Waals surface area contributed by atoms with Gasteiger partial charge < -0.3 is 9.73 Å². The number of thiazole rings is 1. The van der Waals surface area contributed by atoms with Crippen molar-refractivity contribution in [3.63, 3.8) is 0 Å². The van der Waals surface area contributed by atoms with Crippen molar-refractivity contribution in [3.05, 3.63) is 22.0 Å². The van der Waals surface area contributed by atoms with Crippen LogP contribution >= 0.6 is 11.3 Å². The van der Waals surface area contributed by atoms with Gasteiger partial charge in [-0.2, -0.15) is 0 Å². The molecular weight excluding hydrogens is 210 g/mol. The lowest BCUT2D eigenvalue weighted by molar-refractivity contribution is 0.532. The van der Waals surface area contributed by atoms with E-state index in [2.05, 4.69) is 15.3 Å². The molecule has 0 aliphatic carbocycles. The van der Waals surface area contributed by atoms with E-state index >= 15 is 0 Å². The second kappa shape index (κ2) is 4.12. The van der Waals surface area contributed by atoms with Gasteiger partial charge in [-0.15, -0.1) is 11.3 Å². The minimum absolute atomic E-state index is 0.686. The van der Waals surface area contributed by atoms with Crippen LogP contribution in [-0.4, -0.2) is 17.0 Å². The van der Waals surface area contributed by atoms with Crippen LogP contribution in [0.2, 0.25) is 0 Å². The van der Waals surface area contributed by atoms with Crippen LogP contribution in [0.5, 0.6) is 0 Å². The van der Waals surface area contributed by atoms with E-state index in [4.69, 9.17) is 4.42 Å². The Hall–Kier alpha value is -1.20. The number of nitrogens with zero attached hydrogens (tertiary/aromatic N) is 2. The largest absolute Gasteiger partial charge is 0.439 e. The van der Waals surface area contributed by atoms with E-state index in [1.165, 1.54) is 0 Å². The summed E-state index contributed by atoms with van der Waals surface area (Å²) < 4.78 is 5.50. The van der Waals surface area contributed by atoms with Gasteiger partial charge >= 0.3 is 0 Å². The first-order chi connectivity index (χ1) is 7.20. The molecule has 5 heteroatoms. The Morgan fingerprint density at radius 2 is 2.20 bits per heavy atom. The molecule has 0 amide bonds. The van der Waals surface area contributed by atoms with Crippen molar-refractivity contribution in [1.82, 2.24) is 15.3 Å². The van der Waals surface area contributed by atoms with Gasteiger partial charge in [-0.1, -0.05) is 0 Å². The van der Waals surface area contributed by atoms with E-state index in [1.807, 2.05) is 26.3 Å². The van der Waals surface area contributed by atoms with E-state index in [1.54, 1.807) is 11.3 Å². The third kappa shape index (κ3) is 2.08. The number of aryl methyl sites for hydroxylation is 2. The molecule has 0 radical (unpaired) electrons. The zero-order chi connectivity index (χ0) is 10.8. The Labute approximate surface area is 92.4 Å². The van der Waals surface area contributed by atoms with Crippen molar-refractivity contribution < 1.29 is 4.42 Å². The summed E-state index contributed by atoms with van der Waals surface area (Å²) in [6, 6.07) is 0. The van der Waals surface area contributed by atoms with Crippen LogP contribution in [0.1, 0.15) is 16.6 Å². The molecule has 0 unspecified atom stereocenters. The van der Waals surface area contributed by atoms with Crippen LogP contribution in [0.4, 0.5) is 0 Å². The molecule has 80 valence electrons. The van der Waals surface area contributed by atoms with Gasteiger partial charge in [-0.05, 0) is 14.0 Å². The highest BCUT2D eigenvalue weighted by atomic mass is 32.1. The fourth-order valence-corrected chi connectivity index (χ4v) is 2.20. The number of oxazole rings is 1. The lowest BCUT2D eigenvalue weighted by Crippen LogP contribution is -2.04. The second-order valence-corrected chi connectivity index (χ2v) is 4.25. The normalized spacial score (nSPS) is 10.9. The standard InChI is InChI=1S/C10H13N3OS/c1-6-10(14-7(2)12-6)8-5-15-9(13-8)4-11-3/h5,11H,4H2,1-3H3. The molecule has 0 saturated carbocycles. The highest BCUT2D eigenvalue weighted by Crippen LogP contribution is 2.25. The van der Waals surface area contributed by atoms with E-state index in [0.717, 1.165) is 28.7 Å². The predicted octanol–water partition coefficient (Wildman–Crippen LogP) is 2.13. The minimum Gasteiger partial charge on any atom is -0.439 e. The zero-order valence-corrected chi connectivity index (χ0v) is 9.81. The number of aromatic nitrogens is 2. The molecular formula is C10H13N3OS. The lowest BCUT2D eigenvalue weighted by atomic mass is 10.3. The van der Waals surface area contributed by atoms with Gasteiger partial charge in [-0.25, -0.2) is 9.97 Å². The maximum atomic E-state index is 5.50. The second-order valence-electron chi connectivity index (χ2n) is 3.30. The quantitative estimate of drug-likeness (QED) is 0.866. The van der Waals surface area contributed by atoms with Crippen LogP contribution in [-0.2, 0) is 6.54 Å². The van der Waals surface area contributed by atoms with Gasteiger partial charge in [0.25, 0.3) is 0 Å². The predicted molar refractivity (Wildman–Crippen MR) is 59.8 cm³/mol. The smallest absolute Gasteiger partial charge is 0.192 e. The van der Waals surface area contributed by atoms with Crippen molar-refractivity contribution in [1.29, 1.82) is 0 Å². The molecule has 0 bridgehead atoms. The van der Waals surface area contributed by atoms with Crippen LogP contribution in [0.15, 0.2) is 9.80 Å². The zero-order valence-electron chi connectivity index (χ0n) is 9.00. The van der Waals surface area contributed by atoms with Crippen molar-refractivity contribution in [2.45, 2.75) is 20.4 Å². The summed E-state index contributed by atoms with van der Waals surface area (Å²) in [6.45, 7) is 4.57. The summed E-state index contributed by atoms with van der Waals surface area (Å²) in [5.41, 5.74) is 1.78. The van der Waals surface area contributed by atoms with Gasteiger partial charge in [0.05, 0.1) is 5.69 Å². The first kappa shape index (κ1) is 10.3. The Kier molecular flexibility index (Phi) is 2.83.